The fourth-order valence-electron chi connectivity index (χ4n) is 1.52. The van der Waals surface area contributed by atoms with Crippen LogP contribution in [0.25, 0.3) is 0 Å². The molecule has 0 aliphatic rings. The fraction of sp³-hybridized carbons (Fsp3) is 0.533. The third-order valence-electron chi connectivity index (χ3n) is 2.68. The first-order valence-electron chi connectivity index (χ1n) is 6.38. The maximum Gasteiger partial charge on any atom is 0.225 e. The van der Waals surface area contributed by atoms with Crippen LogP contribution in [-0.4, -0.2) is 19.1 Å². The lowest BCUT2D eigenvalue weighted by atomic mass is 9.94. The van der Waals surface area contributed by atoms with Crippen LogP contribution in [0.3, 0.4) is 0 Å². The first-order chi connectivity index (χ1) is 8.45. The van der Waals surface area contributed by atoms with Crippen LogP contribution in [0.1, 0.15) is 39.3 Å². The third-order valence-corrected chi connectivity index (χ3v) is 2.68. The van der Waals surface area contributed by atoms with E-state index in [1.165, 1.54) is 0 Å². The number of nitrogens with one attached hydrogen (secondary N) is 1. The molecule has 0 unspecified atom stereocenters. The Labute approximate surface area is 110 Å². The number of ether oxygens (including phenoxy) is 1. The molecule has 18 heavy (non-hydrogen) atoms. The topological polar surface area (TPSA) is 38.3 Å². The molecule has 0 spiro atoms. The van der Waals surface area contributed by atoms with Gasteiger partial charge in [0.1, 0.15) is 0 Å². The van der Waals surface area contributed by atoms with E-state index in [1.807, 2.05) is 58.0 Å². The Kier molecular flexibility index (Phi) is 5.35. The predicted octanol–water partition coefficient (Wildman–Crippen LogP) is 2.93. The highest BCUT2D eigenvalue weighted by Crippen LogP contribution is 2.18. The average Bonchev–Trinajstić information content (AvgIpc) is 2.34. The maximum absolute atomic E-state index is 12.0. The van der Waals surface area contributed by atoms with Gasteiger partial charge >= 0.3 is 0 Å². The van der Waals surface area contributed by atoms with E-state index in [4.69, 9.17) is 4.74 Å². The molecule has 0 bridgehead atoms. The molecule has 0 fully saturated rings. The summed E-state index contributed by atoms with van der Waals surface area (Å²) in [5.41, 5.74) is 0.683. The number of carbonyl (C=O) groups excluding carboxylic acids is 1. The molecule has 1 atom stereocenters. The lowest BCUT2D eigenvalue weighted by Gasteiger charge is -2.24. The van der Waals surface area contributed by atoms with Crippen LogP contribution in [0.15, 0.2) is 30.3 Å². The summed E-state index contributed by atoms with van der Waals surface area (Å²) < 4.78 is 5.45. The van der Waals surface area contributed by atoms with Crippen LogP contribution in [0.2, 0.25) is 0 Å². The fourth-order valence-corrected chi connectivity index (χ4v) is 1.52. The van der Waals surface area contributed by atoms with Crippen molar-refractivity contribution in [3.05, 3.63) is 35.9 Å². The van der Waals surface area contributed by atoms with Gasteiger partial charge in [0, 0.05) is 12.0 Å². The number of carbonyl (C=O) groups is 1. The Morgan fingerprint density at radius 3 is 2.39 bits per heavy atom. The number of amides is 1. The van der Waals surface area contributed by atoms with Crippen molar-refractivity contribution in [1.82, 2.24) is 5.32 Å². The first kappa shape index (κ1) is 14.7. The van der Waals surface area contributed by atoms with Gasteiger partial charge in [-0.05, 0) is 12.5 Å². The molecular weight excluding hydrogens is 226 g/mol. The van der Waals surface area contributed by atoms with Crippen molar-refractivity contribution >= 4 is 5.91 Å². The lowest BCUT2D eigenvalue weighted by Crippen LogP contribution is -2.39. The minimum absolute atomic E-state index is 0.0380. The molecule has 0 aliphatic carbocycles. The zero-order valence-corrected chi connectivity index (χ0v) is 11.7. The Morgan fingerprint density at radius 1 is 1.28 bits per heavy atom. The summed E-state index contributed by atoms with van der Waals surface area (Å²) in [6.07, 6.45) is 0. The van der Waals surface area contributed by atoms with E-state index in [9.17, 15) is 4.79 Å². The highest BCUT2D eigenvalue weighted by Gasteiger charge is 2.24. The van der Waals surface area contributed by atoms with Crippen molar-refractivity contribution in [3.8, 4) is 0 Å². The van der Waals surface area contributed by atoms with Crippen LogP contribution in [-0.2, 0) is 9.53 Å². The van der Waals surface area contributed by atoms with E-state index in [2.05, 4.69) is 5.32 Å². The largest absolute Gasteiger partial charge is 0.379 e. The van der Waals surface area contributed by atoms with Gasteiger partial charge in [0.15, 0.2) is 0 Å². The molecule has 0 aromatic heterocycles. The van der Waals surface area contributed by atoms with E-state index in [0.717, 1.165) is 5.56 Å². The Hall–Kier alpha value is -1.35. The maximum atomic E-state index is 12.0. The first-order valence-corrected chi connectivity index (χ1v) is 6.38. The smallest absolute Gasteiger partial charge is 0.225 e. The van der Waals surface area contributed by atoms with Crippen LogP contribution in [0.4, 0.5) is 0 Å². The predicted molar refractivity (Wildman–Crippen MR) is 73.3 cm³/mol. The van der Waals surface area contributed by atoms with Gasteiger partial charge in [-0.2, -0.15) is 0 Å². The molecule has 0 heterocycles. The zero-order valence-electron chi connectivity index (χ0n) is 11.7. The van der Waals surface area contributed by atoms with Crippen LogP contribution in [0, 0.1) is 5.41 Å². The van der Waals surface area contributed by atoms with Gasteiger partial charge in [0.05, 0.1) is 12.6 Å². The summed E-state index contributed by atoms with van der Waals surface area (Å²) >= 11 is 0. The normalized spacial score (nSPS) is 13.1. The number of rotatable bonds is 5. The van der Waals surface area contributed by atoms with Crippen LogP contribution in [0.5, 0.6) is 0 Å². The zero-order chi connectivity index (χ0) is 13.6. The van der Waals surface area contributed by atoms with Crippen molar-refractivity contribution < 1.29 is 9.53 Å². The Balaban J connectivity index is 2.77. The lowest BCUT2D eigenvalue weighted by molar-refractivity contribution is -0.129. The highest BCUT2D eigenvalue weighted by molar-refractivity contribution is 5.81. The second-order valence-electron chi connectivity index (χ2n) is 5.35. The minimum Gasteiger partial charge on any atom is -0.379 e. The second-order valence-corrected chi connectivity index (χ2v) is 5.35. The van der Waals surface area contributed by atoms with Gasteiger partial charge < -0.3 is 10.1 Å². The molecular formula is C15H23NO2. The molecule has 0 aliphatic heterocycles. The number of hydrogen-bond donors (Lipinski definition) is 1. The number of benzene rings is 1. The molecule has 0 saturated carbocycles. The Morgan fingerprint density at radius 2 is 1.89 bits per heavy atom. The van der Waals surface area contributed by atoms with Gasteiger partial charge in [0.2, 0.25) is 5.91 Å². The molecule has 1 N–H and O–H groups in total. The van der Waals surface area contributed by atoms with Gasteiger partial charge in [-0.3, -0.25) is 4.79 Å². The van der Waals surface area contributed by atoms with Gasteiger partial charge in [-0.15, -0.1) is 0 Å². The van der Waals surface area contributed by atoms with Gasteiger partial charge in [-0.25, -0.2) is 0 Å². The molecule has 0 saturated heterocycles. The number of hydrogen-bond acceptors (Lipinski definition) is 2. The van der Waals surface area contributed by atoms with Gasteiger partial charge in [-0.1, -0.05) is 51.1 Å². The van der Waals surface area contributed by atoms with E-state index < -0.39 is 0 Å². The van der Waals surface area contributed by atoms with E-state index >= 15 is 0 Å². The monoisotopic (exact) mass is 249 g/mol. The van der Waals surface area contributed by atoms with Crippen LogP contribution < -0.4 is 5.32 Å². The molecule has 1 amide bonds. The van der Waals surface area contributed by atoms with E-state index in [-0.39, 0.29) is 17.4 Å². The average molecular weight is 249 g/mol. The molecule has 3 heteroatoms. The highest BCUT2D eigenvalue weighted by atomic mass is 16.5. The van der Waals surface area contributed by atoms with Crippen molar-refractivity contribution in [2.24, 2.45) is 5.41 Å². The standard InChI is InChI=1S/C15H23NO2/c1-5-18-11-13(12-9-7-6-8-10-12)16-14(17)15(2,3)4/h6-10,13H,5,11H2,1-4H3,(H,16,17)/t13-/m1/s1. The second kappa shape index (κ2) is 6.55. The van der Waals surface area contributed by atoms with Gasteiger partial charge in [0.25, 0.3) is 0 Å². The van der Waals surface area contributed by atoms with Crippen molar-refractivity contribution in [2.75, 3.05) is 13.2 Å². The van der Waals surface area contributed by atoms with Crippen LogP contribution >= 0.6 is 0 Å². The molecule has 1 aromatic carbocycles. The summed E-state index contributed by atoms with van der Waals surface area (Å²) in [5, 5.41) is 3.04. The SMILES string of the molecule is CCOC[C@@H](NC(=O)C(C)(C)C)c1ccccc1. The molecule has 3 nitrogen and oxygen atoms in total. The Bertz CT molecular complexity index is 368. The molecule has 0 radical (unpaired) electrons. The third kappa shape index (κ3) is 4.49. The summed E-state index contributed by atoms with van der Waals surface area (Å²) in [6, 6.07) is 9.83. The summed E-state index contributed by atoms with van der Waals surface area (Å²) in [4.78, 5) is 12.0. The van der Waals surface area contributed by atoms with E-state index in [1.54, 1.807) is 0 Å². The minimum atomic E-state index is -0.390. The molecule has 1 rings (SSSR count). The summed E-state index contributed by atoms with van der Waals surface area (Å²) in [6.45, 7) is 8.83. The van der Waals surface area contributed by atoms with Crippen molar-refractivity contribution in [1.29, 1.82) is 0 Å². The van der Waals surface area contributed by atoms with Crippen molar-refractivity contribution in [3.63, 3.8) is 0 Å². The van der Waals surface area contributed by atoms with E-state index in [0.29, 0.717) is 13.2 Å². The van der Waals surface area contributed by atoms with Crippen molar-refractivity contribution in [2.45, 2.75) is 33.7 Å². The summed E-state index contributed by atoms with van der Waals surface area (Å²) in [5.74, 6) is 0.0380. The quantitative estimate of drug-likeness (QED) is 0.871. The molecule has 100 valence electrons. The molecule has 1 aromatic rings. The summed E-state index contributed by atoms with van der Waals surface area (Å²) in [7, 11) is 0.